The minimum Gasteiger partial charge on any atom is -0.462 e. The van der Waals surface area contributed by atoms with Crippen molar-refractivity contribution in [3.8, 4) is 0 Å². The van der Waals surface area contributed by atoms with Crippen molar-refractivity contribution >= 4 is 34.6 Å². The van der Waals surface area contributed by atoms with E-state index in [4.69, 9.17) is 4.74 Å². The van der Waals surface area contributed by atoms with E-state index >= 15 is 0 Å². The fraction of sp³-hybridized carbons (Fsp3) is 0.308. The van der Waals surface area contributed by atoms with E-state index in [0.717, 1.165) is 11.8 Å². The van der Waals surface area contributed by atoms with E-state index in [0.29, 0.717) is 23.6 Å². The molecule has 0 aliphatic carbocycles. The normalized spacial score (nSPS) is 17.4. The third-order valence-corrected chi connectivity index (χ3v) is 3.53. The topological polar surface area (TPSA) is 84.5 Å². The summed E-state index contributed by atoms with van der Waals surface area (Å²) in [7, 11) is 0. The van der Waals surface area contributed by atoms with E-state index in [1.165, 1.54) is 0 Å². The highest BCUT2D eigenvalue weighted by Crippen LogP contribution is 2.16. The first-order chi connectivity index (χ1) is 9.60. The first-order valence-corrected chi connectivity index (χ1v) is 7.10. The lowest BCUT2D eigenvalue weighted by atomic mass is 10.2. The van der Waals surface area contributed by atoms with E-state index in [1.54, 1.807) is 31.2 Å². The number of amides is 2. The van der Waals surface area contributed by atoms with E-state index in [1.807, 2.05) is 0 Å². The van der Waals surface area contributed by atoms with Crippen LogP contribution in [0.5, 0.6) is 0 Å². The molecule has 20 heavy (non-hydrogen) atoms. The molecule has 106 valence electrons. The zero-order valence-corrected chi connectivity index (χ0v) is 11.7. The lowest BCUT2D eigenvalue weighted by Gasteiger charge is -2.10. The Labute approximate surface area is 120 Å². The first kappa shape index (κ1) is 14.4. The summed E-state index contributed by atoms with van der Waals surface area (Å²) in [6.45, 7) is 2.05. The quantitative estimate of drug-likeness (QED) is 0.824. The van der Waals surface area contributed by atoms with Gasteiger partial charge in [-0.1, -0.05) is 11.8 Å². The third-order valence-electron chi connectivity index (χ3n) is 2.65. The Balaban J connectivity index is 1.95. The summed E-state index contributed by atoms with van der Waals surface area (Å²) < 4.78 is 4.87. The Kier molecular flexibility index (Phi) is 4.62. The molecule has 0 saturated carbocycles. The highest BCUT2D eigenvalue weighted by Gasteiger charge is 2.27. The lowest BCUT2D eigenvalue weighted by molar-refractivity contribution is -0.117. The molecular weight excluding hydrogens is 280 g/mol. The molecule has 1 aromatic rings. The van der Waals surface area contributed by atoms with Crippen molar-refractivity contribution in [3.05, 3.63) is 29.8 Å². The van der Waals surface area contributed by atoms with Crippen molar-refractivity contribution in [1.29, 1.82) is 0 Å². The van der Waals surface area contributed by atoms with Gasteiger partial charge in [-0.3, -0.25) is 9.59 Å². The number of nitrogens with one attached hydrogen (secondary N) is 2. The molecule has 2 rings (SSSR count). The average molecular weight is 294 g/mol. The van der Waals surface area contributed by atoms with Gasteiger partial charge in [-0.25, -0.2) is 4.79 Å². The van der Waals surface area contributed by atoms with E-state index in [-0.39, 0.29) is 11.1 Å². The van der Waals surface area contributed by atoms with Crippen molar-refractivity contribution in [2.45, 2.75) is 13.0 Å². The number of anilines is 1. The monoisotopic (exact) mass is 294 g/mol. The minimum atomic E-state index is -0.516. The van der Waals surface area contributed by atoms with Gasteiger partial charge in [0.1, 0.15) is 6.04 Å². The number of thioether (sulfide) groups is 1. The van der Waals surface area contributed by atoms with Crippen LogP contribution in [0.25, 0.3) is 0 Å². The van der Waals surface area contributed by atoms with Crippen LogP contribution in [0.15, 0.2) is 24.3 Å². The van der Waals surface area contributed by atoms with Crippen molar-refractivity contribution < 1.29 is 19.1 Å². The molecule has 1 unspecified atom stereocenters. The Morgan fingerprint density at radius 1 is 1.40 bits per heavy atom. The summed E-state index contributed by atoms with van der Waals surface area (Å²) in [5.41, 5.74) is 0.990. The standard InChI is InChI=1S/C13H14N2O4S/c1-2-19-12(17)8-3-5-9(6-4-8)14-11(16)10-7-20-13(18)15-10/h3-6,10H,2,7H2,1H3,(H,14,16)(H,15,18). The Morgan fingerprint density at radius 2 is 2.10 bits per heavy atom. The summed E-state index contributed by atoms with van der Waals surface area (Å²) in [6, 6.07) is 5.88. The Morgan fingerprint density at radius 3 is 2.65 bits per heavy atom. The second-order valence-corrected chi connectivity index (χ2v) is 5.08. The van der Waals surface area contributed by atoms with Crippen LogP contribution in [-0.2, 0) is 9.53 Å². The zero-order chi connectivity index (χ0) is 14.5. The molecule has 0 spiro atoms. The molecule has 1 fully saturated rings. The number of esters is 1. The van der Waals surface area contributed by atoms with Gasteiger partial charge in [-0.15, -0.1) is 0 Å². The molecule has 1 saturated heterocycles. The number of carbonyl (C=O) groups is 3. The number of rotatable bonds is 4. The number of carbonyl (C=O) groups excluding carboxylic acids is 3. The van der Waals surface area contributed by atoms with Crippen molar-refractivity contribution in [3.63, 3.8) is 0 Å². The minimum absolute atomic E-state index is 0.192. The predicted octanol–water partition coefficient (Wildman–Crippen LogP) is 1.63. The molecule has 1 atom stereocenters. The van der Waals surface area contributed by atoms with Gasteiger partial charge in [0.25, 0.3) is 5.24 Å². The third kappa shape index (κ3) is 3.51. The average Bonchev–Trinajstić information content (AvgIpc) is 2.86. The summed E-state index contributed by atoms with van der Waals surface area (Å²) in [4.78, 5) is 34.3. The van der Waals surface area contributed by atoms with Crippen LogP contribution < -0.4 is 10.6 Å². The number of hydrogen-bond acceptors (Lipinski definition) is 5. The van der Waals surface area contributed by atoms with Crippen LogP contribution in [0.2, 0.25) is 0 Å². The highest BCUT2D eigenvalue weighted by atomic mass is 32.2. The molecule has 1 heterocycles. The molecule has 2 N–H and O–H groups in total. The van der Waals surface area contributed by atoms with Gasteiger partial charge in [-0.05, 0) is 31.2 Å². The van der Waals surface area contributed by atoms with Crippen molar-refractivity contribution in [1.82, 2.24) is 5.32 Å². The van der Waals surface area contributed by atoms with E-state index in [9.17, 15) is 14.4 Å². The SMILES string of the molecule is CCOC(=O)c1ccc(NC(=O)C2CSC(=O)N2)cc1. The number of benzene rings is 1. The van der Waals surface area contributed by atoms with Crippen LogP contribution in [-0.4, -0.2) is 35.5 Å². The van der Waals surface area contributed by atoms with Crippen LogP contribution in [0.3, 0.4) is 0 Å². The second kappa shape index (κ2) is 6.42. The van der Waals surface area contributed by atoms with Crippen LogP contribution in [0, 0.1) is 0 Å². The number of ether oxygens (including phenoxy) is 1. The van der Waals surface area contributed by atoms with Gasteiger partial charge < -0.3 is 15.4 Å². The molecule has 0 bridgehead atoms. The molecule has 2 amide bonds. The van der Waals surface area contributed by atoms with Crippen LogP contribution in [0.1, 0.15) is 17.3 Å². The fourth-order valence-electron chi connectivity index (χ4n) is 1.66. The van der Waals surface area contributed by atoms with Gasteiger partial charge in [0, 0.05) is 11.4 Å². The van der Waals surface area contributed by atoms with Gasteiger partial charge in [0.2, 0.25) is 5.91 Å². The van der Waals surface area contributed by atoms with Gasteiger partial charge in [0.15, 0.2) is 0 Å². The molecule has 0 aromatic heterocycles. The van der Waals surface area contributed by atoms with Crippen molar-refractivity contribution in [2.75, 3.05) is 17.7 Å². The second-order valence-electron chi connectivity index (χ2n) is 4.08. The molecule has 7 heteroatoms. The summed E-state index contributed by atoms with van der Waals surface area (Å²) in [5, 5.41) is 5.05. The summed E-state index contributed by atoms with van der Waals surface area (Å²) in [6.07, 6.45) is 0. The maximum absolute atomic E-state index is 11.9. The first-order valence-electron chi connectivity index (χ1n) is 6.11. The van der Waals surface area contributed by atoms with E-state index < -0.39 is 12.0 Å². The Bertz CT molecular complexity index is 530. The molecule has 1 aliphatic rings. The molecule has 6 nitrogen and oxygen atoms in total. The largest absolute Gasteiger partial charge is 0.462 e. The number of hydrogen-bond donors (Lipinski definition) is 2. The van der Waals surface area contributed by atoms with Crippen LogP contribution in [0.4, 0.5) is 10.5 Å². The highest BCUT2D eigenvalue weighted by molar-refractivity contribution is 8.14. The van der Waals surface area contributed by atoms with Crippen molar-refractivity contribution in [2.24, 2.45) is 0 Å². The smallest absolute Gasteiger partial charge is 0.338 e. The van der Waals surface area contributed by atoms with Gasteiger partial charge in [-0.2, -0.15) is 0 Å². The fourth-order valence-corrected chi connectivity index (χ4v) is 2.44. The molecular formula is C13H14N2O4S. The predicted molar refractivity (Wildman–Crippen MR) is 75.8 cm³/mol. The zero-order valence-electron chi connectivity index (χ0n) is 10.8. The lowest BCUT2D eigenvalue weighted by Crippen LogP contribution is -2.38. The maximum atomic E-state index is 11.9. The van der Waals surface area contributed by atoms with Crippen LogP contribution >= 0.6 is 11.8 Å². The molecule has 0 radical (unpaired) electrons. The summed E-state index contributed by atoms with van der Waals surface area (Å²) in [5.74, 6) is -0.247. The van der Waals surface area contributed by atoms with Gasteiger partial charge >= 0.3 is 5.97 Å². The molecule has 1 aliphatic heterocycles. The molecule has 1 aromatic carbocycles. The van der Waals surface area contributed by atoms with Gasteiger partial charge in [0.05, 0.1) is 12.2 Å². The maximum Gasteiger partial charge on any atom is 0.338 e. The summed E-state index contributed by atoms with van der Waals surface area (Å²) >= 11 is 1.08. The van der Waals surface area contributed by atoms with E-state index in [2.05, 4.69) is 10.6 Å². The Hall–Kier alpha value is -2.02.